The molecule has 4 aromatic carbocycles. The summed E-state index contributed by atoms with van der Waals surface area (Å²) < 4.78 is 5.53. The molecule has 7 nitrogen and oxygen atoms in total. The van der Waals surface area contributed by atoms with Gasteiger partial charge in [-0.15, -0.1) is 0 Å². The van der Waals surface area contributed by atoms with Crippen molar-refractivity contribution in [1.29, 1.82) is 0 Å². The number of carboxylic acids is 1. The number of carbonyl (C=O) groups excluding carboxylic acids is 1. The Morgan fingerprint density at radius 2 is 1.80 bits per heavy atom. The van der Waals surface area contributed by atoms with Crippen LogP contribution in [0.1, 0.15) is 88.5 Å². The van der Waals surface area contributed by atoms with E-state index in [-0.39, 0.29) is 16.7 Å². The van der Waals surface area contributed by atoms with Crippen LogP contribution in [-0.2, 0) is 27.8 Å². The van der Waals surface area contributed by atoms with E-state index in [1.165, 1.54) is 48.4 Å². The van der Waals surface area contributed by atoms with Crippen LogP contribution in [0.25, 0.3) is 33.5 Å². The van der Waals surface area contributed by atoms with Crippen LogP contribution < -0.4 is 10.1 Å². The van der Waals surface area contributed by atoms with Crippen LogP contribution in [-0.4, -0.2) is 33.6 Å². The van der Waals surface area contributed by atoms with Gasteiger partial charge in [-0.25, -0.2) is 9.78 Å². The number of anilines is 1. The second-order valence-corrected chi connectivity index (χ2v) is 15.3. The van der Waals surface area contributed by atoms with Crippen LogP contribution in [0.5, 0.6) is 5.75 Å². The molecule has 2 aliphatic rings. The van der Waals surface area contributed by atoms with Gasteiger partial charge in [-0.2, -0.15) is 0 Å². The van der Waals surface area contributed by atoms with E-state index in [1.54, 1.807) is 23.8 Å². The lowest BCUT2D eigenvalue weighted by Crippen LogP contribution is -2.50. The monoisotopic (exact) mass is 669 g/mol. The number of nitrogens with one attached hydrogen (secondary N) is 2. The van der Waals surface area contributed by atoms with Crippen molar-refractivity contribution >= 4 is 28.6 Å². The largest absolute Gasteiger partial charge is 0.482 e. The van der Waals surface area contributed by atoms with Gasteiger partial charge in [0.15, 0.2) is 6.61 Å². The maximum absolute atomic E-state index is 12.2. The molecule has 5 aromatic rings. The zero-order valence-electron chi connectivity index (χ0n) is 29.7. The van der Waals surface area contributed by atoms with E-state index in [1.807, 2.05) is 0 Å². The number of aryl methyl sites for hydroxylation is 1. The fourth-order valence-electron chi connectivity index (χ4n) is 9.20. The van der Waals surface area contributed by atoms with Gasteiger partial charge in [-0.1, -0.05) is 88.7 Å². The van der Waals surface area contributed by atoms with Crippen molar-refractivity contribution in [1.82, 2.24) is 9.97 Å². The minimum absolute atomic E-state index is 0.0459. The number of hydrogen-bond acceptors (Lipinski definition) is 4. The van der Waals surface area contributed by atoms with E-state index in [0.717, 1.165) is 35.9 Å². The molecule has 1 saturated carbocycles. The lowest BCUT2D eigenvalue weighted by molar-refractivity contribution is -0.139. The molecule has 258 valence electrons. The van der Waals surface area contributed by atoms with E-state index in [4.69, 9.17) is 9.72 Å². The molecule has 0 saturated heterocycles. The number of amides is 1. The zero-order chi connectivity index (χ0) is 35.2. The van der Waals surface area contributed by atoms with Crippen LogP contribution in [0.2, 0.25) is 0 Å². The Morgan fingerprint density at radius 3 is 2.54 bits per heavy atom. The number of carboxylic acid groups (broad SMARTS) is 1. The molecule has 0 aliphatic heterocycles. The quantitative estimate of drug-likeness (QED) is 0.145. The van der Waals surface area contributed by atoms with Gasteiger partial charge in [0.1, 0.15) is 11.6 Å². The van der Waals surface area contributed by atoms with E-state index in [0.29, 0.717) is 34.7 Å². The molecule has 1 fully saturated rings. The summed E-state index contributed by atoms with van der Waals surface area (Å²) in [5.41, 5.74) is 11.3. The summed E-state index contributed by atoms with van der Waals surface area (Å²) in [6, 6.07) is 27.3. The smallest absolute Gasteiger partial charge is 0.341 e. The van der Waals surface area contributed by atoms with Crippen LogP contribution in [0, 0.1) is 11.3 Å². The number of aromatic nitrogens is 2. The fraction of sp³-hybridized carbons (Fsp3) is 0.372. The van der Waals surface area contributed by atoms with Crippen molar-refractivity contribution in [2.75, 3.05) is 11.9 Å². The van der Waals surface area contributed by atoms with Gasteiger partial charge >= 0.3 is 5.97 Å². The Bertz CT molecular complexity index is 2080. The first-order valence-corrected chi connectivity index (χ1v) is 17.9. The molecule has 7 rings (SSSR count). The molecule has 7 heteroatoms. The van der Waals surface area contributed by atoms with Crippen molar-refractivity contribution < 1.29 is 19.4 Å². The molecule has 3 N–H and O–H groups in total. The number of aliphatic carboxylic acids is 1. The lowest BCUT2D eigenvalue weighted by atomic mass is 9.48. The first-order chi connectivity index (χ1) is 23.9. The average molecular weight is 670 g/mol. The summed E-state index contributed by atoms with van der Waals surface area (Å²) in [6.07, 6.45) is 6.72. The number of hydrogen-bond donors (Lipinski definition) is 3. The first kappa shape index (κ1) is 33.6. The van der Waals surface area contributed by atoms with Gasteiger partial charge in [0.2, 0.25) is 5.91 Å². The van der Waals surface area contributed by atoms with E-state index in [9.17, 15) is 14.7 Å². The van der Waals surface area contributed by atoms with E-state index < -0.39 is 12.6 Å². The lowest BCUT2D eigenvalue weighted by Gasteiger charge is -2.56. The molecular formula is C43H47N3O4. The molecule has 3 atom stereocenters. The van der Waals surface area contributed by atoms with Crippen LogP contribution >= 0.6 is 0 Å². The number of fused-ring (bicyclic) bond motifs is 4. The minimum Gasteiger partial charge on any atom is -0.482 e. The van der Waals surface area contributed by atoms with Crippen molar-refractivity contribution in [3.63, 3.8) is 0 Å². The molecule has 50 heavy (non-hydrogen) atoms. The number of benzene rings is 4. The van der Waals surface area contributed by atoms with Crippen molar-refractivity contribution in [3.8, 4) is 28.3 Å². The second kappa shape index (κ2) is 13.1. The standard InChI is InChI=1S/C43H47N3O4/c1-26(2)29-12-16-35-30(22-29)13-19-38-42(4,20-9-21-43(35,38)5)24-34-32(28-10-7-6-8-11-28)15-18-37-40(34)46-41(45-37)33-23-31(50-25-39(48)49)14-17-36(33)44-27(3)47/h6-8,10-12,14-18,22-23,26,38H,9,13,19-21,24-25H2,1-5H3,(H,44,47)(H,45,46)(H,48,49)/t38-,42+,43+/m0/s1. The molecule has 0 bridgehead atoms. The van der Waals surface area contributed by atoms with Crippen molar-refractivity contribution in [2.45, 2.75) is 84.5 Å². The molecule has 0 radical (unpaired) electrons. The maximum Gasteiger partial charge on any atom is 0.341 e. The predicted octanol–water partition coefficient (Wildman–Crippen LogP) is 9.70. The van der Waals surface area contributed by atoms with Crippen LogP contribution in [0.3, 0.4) is 0 Å². The maximum atomic E-state index is 12.2. The highest BCUT2D eigenvalue weighted by atomic mass is 16.5. The Balaban J connectivity index is 1.34. The van der Waals surface area contributed by atoms with Crippen molar-refractivity contribution in [3.05, 3.63) is 101 Å². The number of imidazole rings is 1. The van der Waals surface area contributed by atoms with Gasteiger partial charge in [0, 0.05) is 12.5 Å². The van der Waals surface area contributed by atoms with Crippen LogP contribution in [0.4, 0.5) is 5.69 Å². The highest BCUT2D eigenvalue weighted by Crippen LogP contribution is 2.59. The van der Waals surface area contributed by atoms with E-state index in [2.05, 4.69) is 98.7 Å². The summed E-state index contributed by atoms with van der Waals surface area (Å²) in [4.78, 5) is 32.3. The number of H-pyrrole nitrogens is 1. The molecule has 0 unspecified atom stereocenters. The Labute approximate surface area is 294 Å². The summed E-state index contributed by atoms with van der Waals surface area (Å²) >= 11 is 0. The molecule has 1 aromatic heterocycles. The number of aromatic amines is 1. The minimum atomic E-state index is -1.06. The Morgan fingerprint density at radius 1 is 1.00 bits per heavy atom. The summed E-state index contributed by atoms with van der Waals surface area (Å²) in [5.74, 6) is 0.737. The van der Waals surface area contributed by atoms with Crippen molar-refractivity contribution in [2.24, 2.45) is 11.3 Å². The predicted molar refractivity (Wildman–Crippen MR) is 200 cm³/mol. The number of carbonyl (C=O) groups is 2. The third kappa shape index (κ3) is 6.19. The van der Waals surface area contributed by atoms with Crippen LogP contribution in [0.15, 0.2) is 78.9 Å². The summed E-state index contributed by atoms with van der Waals surface area (Å²) in [6.45, 7) is 10.6. The first-order valence-electron chi connectivity index (χ1n) is 17.9. The van der Waals surface area contributed by atoms with E-state index >= 15 is 0 Å². The molecular weight excluding hydrogens is 622 g/mol. The summed E-state index contributed by atoms with van der Waals surface area (Å²) in [7, 11) is 0. The molecule has 2 aliphatic carbocycles. The third-order valence-electron chi connectivity index (χ3n) is 11.5. The van der Waals surface area contributed by atoms with Gasteiger partial charge < -0.3 is 20.1 Å². The molecule has 0 spiro atoms. The number of nitrogens with zero attached hydrogens (tertiary/aromatic N) is 1. The van der Waals surface area contributed by atoms with Gasteiger partial charge in [-0.3, -0.25) is 4.79 Å². The highest BCUT2D eigenvalue weighted by molar-refractivity contribution is 5.95. The number of rotatable bonds is 9. The Hall–Kier alpha value is -4.91. The number of ether oxygens (including phenoxy) is 1. The highest BCUT2D eigenvalue weighted by Gasteiger charge is 2.52. The second-order valence-electron chi connectivity index (χ2n) is 15.3. The van der Waals surface area contributed by atoms with Gasteiger partial charge in [0.25, 0.3) is 0 Å². The normalized spacial score (nSPS) is 21.4. The molecule has 1 heterocycles. The average Bonchev–Trinajstić information content (AvgIpc) is 3.52. The summed E-state index contributed by atoms with van der Waals surface area (Å²) in [5, 5.41) is 12.1. The topological polar surface area (TPSA) is 104 Å². The van der Waals surface area contributed by atoms with Gasteiger partial charge in [0.05, 0.1) is 16.7 Å². The molecule has 1 amide bonds. The third-order valence-corrected chi connectivity index (χ3v) is 11.5. The van der Waals surface area contributed by atoms with Gasteiger partial charge in [-0.05, 0) is 112 Å². The zero-order valence-corrected chi connectivity index (χ0v) is 29.7. The SMILES string of the molecule is CC(=O)Nc1ccc(OCC(=O)O)cc1-c1nc2c(C[C@@]3(C)CCC[C@]4(C)c5ccc(C(C)C)cc5CC[C@@H]34)c(-c3ccccc3)ccc2[nH]1. The fourth-order valence-corrected chi connectivity index (χ4v) is 9.20. The Kier molecular flexibility index (Phi) is 8.79.